The van der Waals surface area contributed by atoms with Crippen molar-refractivity contribution in [2.24, 2.45) is 0 Å². The normalized spacial score (nSPS) is 17.6. The van der Waals surface area contributed by atoms with Crippen LogP contribution in [0, 0.1) is 6.92 Å². The van der Waals surface area contributed by atoms with Gasteiger partial charge in [0.15, 0.2) is 0 Å². The molecule has 0 N–H and O–H groups in total. The molecule has 160 valence electrons. The molecule has 0 bridgehead atoms. The van der Waals surface area contributed by atoms with Crippen molar-refractivity contribution in [2.45, 2.75) is 25.4 Å². The summed E-state index contributed by atoms with van der Waals surface area (Å²) in [6.45, 7) is 1.96. The van der Waals surface area contributed by atoms with Gasteiger partial charge in [0, 0.05) is 5.56 Å². The lowest BCUT2D eigenvalue weighted by molar-refractivity contribution is 0.0962. The van der Waals surface area contributed by atoms with Crippen molar-refractivity contribution in [3.05, 3.63) is 107 Å². The van der Waals surface area contributed by atoms with Crippen LogP contribution in [-0.4, -0.2) is 27.8 Å². The van der Waals surface area contributed by atoms with E-state index >= 15 is 0 Å². The number of hydrogen-bond acceptors (Lipinski definition) is 4. The van der Waals surface area contributed by atoms with Crippen LogP contribution >= 0.6 is 0 Å². The number of carbonyl (C=O) groups excluding carboxylic acids is 1. The first kappa shape index (κ1) is 20.0. The fourth-order valence-corrected chi connectivity index (χ4v) is 4.43. The van der Waals surface area contributed by atoms with Gasteiger partial charge in [-0.2, -0.15) is 10.1 Å². The summed E-state index contributed by atoms with van der Waals surface area (Å²) in [6, 6.07) is 25.6. The van der Waals surface area contributed by atoms with Crippen LogP contribution in [0.5, 0.6) is 5.75 Å². The molecule has 0 saturated heterocycles. The van der Waals surface area contributed by atoms with Gasteiger partial charge >= 0.3 is 0 Å². The van der Waals surface area contributed by atoms with E-state index in [1.807, 2.05) is 66.2 Å². The number of benzene rings is 3. The Hall–Kier alpha value is -3.93. The minimum atomic E-state index is -0.174. The van der Waals surface area contributed by atoms with E-state index in [0.29, 0.717) is 17.9 Å². The molecule has 0 fully saturated rings. The van der Waals surface area contributed by atoms with Crippen LogP contribution in [0.4, 0.5) is 5.95 Å². The van der Waals surface area contributed by atoms with E-state index in [4.69, 9.17) is 4.74 Å². The maximum atomic E-state index is 13.8. The maximum Gasteiger partial charge on any atom is 0.261 e. The van der Waals surface area contributed by atoms with Crippen LogP contribution in [0.3, 0.4) is 0 Å². The van der Waals surface area contributed by atoms with E-state index in [9.17, 15) is 4.79 Å². The minimum Gasteiger partial charge on any atom is -0.497 e. The summed E-state index contributed by atoms with van der Waals surface area (Å²) < 4.78 is 7.18. The Labute approximate surface area is 187 Å². The van der Waals surface area contributed by atoms with Crippen molar-refractivity contribution in [1.29, 1.82) is 0 Å². The first-order chi connectivity index (χ1) is 15.7. The molecule has 1 amide bonds. The van der Waals surface area contributed by atoms with Gasteiger partial charge in [0.05, 0.1) is 19.2 Å². The van der Waals surface area contributed by atoms with E-state index in [0.717, 1.165) is 22.4 Å². The number of carbonyl (C=O) groups is 1. The van der Waals surface area contributed by atoms with Gasteiger partial charge < -0.3 is 4.74 Å². The van der Waals surface area contributed by atoms with Crippen molar-refractivity contribution < 1.29 is 9.53 Å². The number of ether oxygens (including phenoxy) is 1. The second kappa shape index (κ2) is 8.30. The van der Waals surface area contributed by atoms with Crippen LogP contribution in [0.25, 0.3) is 0 Å². The molecule has 5 rings (SSSR count). The molecule has 1 aliphatic heterocycles. The highest BCUT2D eigenvalue weighted by Crippen LogP contribution is 2.42. The van der Waals surface area contributed by atoms with Gasteiger partial charge in [-0.3, -0.25) is 9.69 Å². The third-order valence-electron chi connectivity index (χ3n) is 6.10. The van der Waals surface area contributed by atoms with E-state index in [2.05, 4.69) is 34.3 Å². The molecule has 0 spiro atoms. The highest BCUT2D eigenvalue weighted by Gasteiger charge is 2.39. The number of rotatable bonds is 4. The summed E-state index contributed by atoms with van der Waals surface area (Å²) >= 11 is 0. The maximum absolute atomic E-state index is 13.8. The Kier molecular flexibility index (Phi) is 5.19. The number of amides is 1. The number of aryl methyl sites for hydroxylation is 1. The summed E-state index contributed by atoms with van der Waals surface area (Å²) in [5.41, 5.74) is 3.78. The average Bonchev–Trinajstić information content (AvgIpc) is 3.33. The highest BCUT2D eigenvalue weighted by atomic mass is 16.5. The molecule has 0 aliphatic carbocycles. The molecular weight excluding hydrogens is 400 g/mol. The largest absolute Gasteiger partial charge is 0.497 e. The third kappa shape index (κ3) is 3.43. The van der Waals surface area contributed by atoms with E-state index in [-0.39, 0.29) is 18.0 Å². The number of methoxy groups -OCH3 is 1. The molecule has 3 aromatic carbocycles. The van der Waals surface area contributed by atoms with Crippen molar-refractivity contribution in [1.82, 2.24) is 14.8 Å². The molecule has 0 saturated carbocycles. The van der Waals surface area contributed by atoms with Gasteiger partial charge in [0.1, 0.15) is 12.1 Å². The standard InChI is InChI=1S/C26H24N4O2/c1-18-8-6-7-11-22(18)25(31)29-23(19-9-4-3-5-10-19)16-24(30-26(29)27-17-28-30)20-12-14-21(32-2)15-13-20/h3-15,17,23-24H,16H2,1-2H3. The smallest absolute Gasteiger partial charge is 0.261 e. The van der Waals surface area contributed by atoms with Crippen molar-refractivity contribution in [2.75, 3.05) is 12.0 Å². The fourth-order valence-electron chi connectivity index (χ4n) is 4.43. The Morgan fingerprint density at radius 2 is 1.59 bits per heavy atom. The molecule has 1 aromatic heterocycles. The van der Waals surface area contributed by atoms with E-state index in [1.54, 1.807) is 12.0 Å². The lowest BCUT2D eigenvalue weighted by atomic mass is 9.91. The molecule has 1 aliphatic rings. The minimum absolute atomic E-state index is 0.0514. The summed E-state index contributed by atoms with van der Waals surface area (Å²) in [6.07, 6.45) is 2.21. The summed E-state index contributed by atoms with van der Waals surface area (Å²) in [4.78, 5) is 20.1. The molecule has 6 heteroatoms. The predicted octanol–water partition coefficient (Wildman–Crippen LogP) is 4.98. The van der Waals surface area contributed by atoms with Gasteiger partial charge in [-0.25, -0.2) is 4.68 Å². The van der Waals surface area contributed by atoms with Crippen molar-refractivity contribution in [3.8, 4) is 5.75 Å². The Morgan fingerprint density at radius 1 is 0.906 bits per heavy atom. The summed E-state index contributed by atoms with van der Waals surface area (Å²) in [7, 11) is 1.66. The van der Waals surface area contributed by atoms with Gasteiger partial charge in [-0.05, 0) is 48.2 Å². The lowest BCUT2D eigenvalue weighted by Gasteiger charge is -2.39. The first-order valence-corrected chi connectivity index (χ1v) is 10.6. The van der Waals surface area contributed by atoms with Gasteiger partial charge in [-0.15, -0.1) is 0 Å². The summed E-state index contributed by atoms with van der Waals surface area (Å²) in [5.74, 6) is 1.29. The summed E-state index contributed by atoms with van der Waals surface area (Å²) in [5, 5.41) is 4.51. The van der Waals surface area contributed by atoms with Gasteiger partial charge in [0.2, 0.25) is 5.95 Å². The van der Waals surface area contributed by atoms with Gasteiger partial charge in [0.25, 0.3) is 5.91 Å². The SMILES string of the molecule is COc1ccc(C2CC(c3ccccc3)N(C(=O)c3ccccc3C)c3ncnn32)cc1. The number of aromatic nitrogens is 3. The fraction of sp³-hybridized carbons (Fsp3) is 0.192. The van der Waals surface area contributed by atoms with Crippen LogP contribution in [-0.2, 0) is 0 Å². The van der Waals surface area contributed by atoms with E-state index in [1.165, 1.54) is 6.33 Å². The predicted molar refractivity (Wildman–Crippen MR) is 123 cm³/mol. The Morgan fingerprint density at radius 3 is 2.31 bits per heavy atom. The zero-order valence-electron chi connectivity index (χ0n) is 18.1. The Bertz CT molecular complexity index is 1230. The van der Waals surface area contributed by atoms with E-state index < -0.39 is 0 Å². The van der Waals surface area contributed by atoms with Crippen molar-refractivity contribution in [3.63, 3.8) is 0 Å². The topological polar surface area (TPSA) is 60.2 Å². The molecule has 4 aromatic rings. The molecule has 32 heavy (non-hydrogen) atoms. The Balaban J connectivity index is 1.64. The van der Waals surface area contributed by atoms with Crippen molar-refractivity contribution >= 4 is 11.9 Å². The zero-order valence-corrected chi connectivity index (χ0v) is 18.1. The second-order valence-electron chi connectivity index (χ2n) is 7.95. The number of anilines is 1. The third-order valence-corrected chi connectivity index (χ3v) is 6.10. The number of fused-ring (bicyclic) bond motifs is 1. The molecule has 2 atom stereocenters. The van der Waals surface area contributed by atoms with Crippen LogP contribution in [0.15, 0.2) is 85.2 Å². The monoisotopic (exact) mass is 424 g/mol. The number of hydrogen-bond donors (Lipinski definition) is 0. The molecule has 0 radical (unpaired) electrons. The highest BCUT2D eigenvalue weighted by molar-refractivity contribution is 6.06. The molecule has 2 unspecified atom stereocenters. The quantitative estimate of drug-likeness (QED) is 0.464. The zero-order chi connectivity index (χ0) is 22.1. The average molecular weight is 425 g/mol. The van der Waals surface area contributed by atoms with Crippen LogP contribution < -0.4 is 9.64 Å². The molecule has 2 heterocycles. The molecular formula is C26H24N4O2. The second-order valence-corrected chi connectivity index (χ2v) is 7.95. The first-order valence-electron chi connectivity index (χ1n) is 10.6. The van der Waals surface area contributed by atoms with Crippen LogP contribution in [0.1, 0.15) is 45.6 Å². The lowest BCUT2D eigenvalue weighted by Crippen LogP contribution is -2.42. The van der Waals surface area contributed by atoms with Crippen LogP contribution in [0.2, 0.25) is 0 Å². The van der Waals surface area contributed by atoms with Gasteiger partial charge in [-0.1, -0.05) is 60.7 Å². The molecule has 6 nitrogen and oxygen atoms in total. The number of nitrogens with zero attached hydrogens (tertiary/aromatic N) is 4.